The van der Waals surface area contributed by atoms with Gasteiger partial charge in [0.25, 0.3) is 0 Å². The number of Topliss-reactive ketones (excluding diaryl/α,β-unsaturated/α-hetero) is 1. The molecule has 6 nitrogen and oxygen atoms in total. The number of ketones is 1. The maximum Gasteiger partial charge on any atom is 0.331 e. The highest BCUT2D eigenvalue weighted by Gasteiger charge is 2.27. The molecule has 0 saturated carbocycles. The Labute approximate surface area is 176 Å². The number of carbonyl (C=O) groups is 3. The number of piperidine rings is 1. The summed E-state index contributed by atoms with van der Waals surface area (Å²) in [5.74, 6) is 5.46. The number of halogens is 1. The molecule has 156 valence electrons. The van der Waals surface area contributed by atoms with Gasteiger partial charge in [0.15, 0.2) is 0 Å². The Hall–Kier alpha value is -2.36. The third-order valence-electron chi connectivity index (χ3n) is 4.73. The van der Waals surface area contributed by atoms with Crippen molar-refractivity contribution < 1.29 is 23.9 Å². The minimum absolute atomic E-state index is 0.0184. The average Bonchev–Trinajstić information content (AvgIpc) is 2.70. The van der Waals surface area contributed by atoms with Crippen LogP contribution in [0.5, 0.6) is 0 Å². The molecule has 1 unspecified atom stereocenters. The number of esters is 1. The number of ether oxygens (including phenoxy) is 2. The summed E-state index contributed by atoms with van der Waals surface area (Å²) in [6.45, 7) is 0.249. The number of amides is 1. The molecule has 0 bridgehead atoms. The minimum Gasteiger partial charge on any atom is -0.467 e. The zero-order valence-corrected chi connectivity index (χ0v) is 17.4. The highest BCUT2D eigenvalue weighted by molar-refractivity contribution is 6.30. The number of hydrogen-bond acceptors (Lipinski definition) is 5. The summed E-state index contributed by atoms with van der Waals surface area (Å²) < 4.78 is 9.54. The van der Waals surface area contributed by atoms with Crippen molar-refractivity contribution in [3.8, 4) is 11.8 Å². The summed E-state index contributed by atoms with van der Waals surface area (Å²) in [6, 6.07) is 7.32. The van der Waals surface area contributed by atoms with Crippen LogP contribution in [-0.4, -0.2) is 55.5 Å². The molecule has 1 aromatic carbocycles. The van der Waals surface area contributed by atoms with E-state index in [1.54, 1.807) is 17.0 Å². The van der Waals surface area contributed by atoms with Gasteiger partial charge in [-0.1, -0.05) is 35.6 Å². The first kappa shape index (κ1) is 22.9. The van der Waals surface area contributed by atoms with Crippen molar-refractivity contribution >= 4 is 29.3 Å². The second kappa shape index (κ2) is 12.3. The third kappa shape index (κ3) is 8.26. The van der Waals surface area contributed by atoms with E-state index in [0.29, 0.717) is 37.3 Å². The van der Waals surface area contributed by atoms with Gasteiger partial charge >= 0.3 is 5.97 Å². The number of benzene rings is 1. The van der Waals surface area contributed by atoms with E-state index in [-0.39, 0.29) is 30.9 Å². The third-order valence-corrected chi connectivity index (χ3v) is 4.97. The molecule has 0 aromatic heterocycles. The lowest BCUT2D eigenvalue weighted by atomic mass is 9.95. The van der Waals surface area contributed by atoms with Gasteiger partial charge in [-0.15, -0.1) is 0 Å². The molecule has 2 rings (SSSR count). The fourth-order valence-electron chi connectivity index (χ4n) is 3.24. The average molecular weight is 420 g/mol. The smallest absolute Gasteiger partial charge is 0.331 e. The van der Waals surface area contributed by atoms with E-state index in [1.807, 2.05) is 12.1 Å². The first-order valence-corrected chi connectivity index (χ1v) is 10.0. The van der Waals surface area contributed by atoms with Crippen molar-refractivity contribution in [3.63, 3.8) is 0 Å². The van der Waals surface area contributed by atoms with E-state index in [2.05, 4.69) is 16.6 Å². The lowest BCUT2D eigenvalue weighted by Crippen LogP contribution is -2.44. The molecule has 0 N–H and O–H groups in total. The van der Waals surface area contributed by atoms with Gasteiger partial charge in [0, 0.05) is 30.3 Å². The monoisotopic (exact) mass is 419 g/mol. The molecule has 1 atom stereocenters. The molecule has 1 fully saturated rings. The number of likely N-dealkylation sites (tertiary alicyclic amines) is 1. The molecule has 1 aliphatic heterocycles. The number of methoxy groups -OCH3 is 1. The van der Waals surface area contributed by atoms with E-state index < -0.39 is 5.97 Å². The van der Waals surface area contributed by atoms with Crippen LogP contribution in [0.25, 0.3) is 0 Å². The van der Waals surface area contributed by atoms with E-state index in [1.165, 1.54) is 7.11 Å². The predicted octanol–water partition coefficient (Wildman–Crippen LogP) is 2.81. The van der Waals surface area contributed by atoms with Gasteiger partial charge < -0.3 is 14.4 Å². The van der Waals surface area contributed by atoms with Crippen molar-refractivity contribution in [3.05, 3.63) is 34.9 Å². The van der Waals surface area contributed by atoms with Crippen molar-refractivity contribution in [2.45, 2.75) is 44.6 Å². The van der Waals surface area contributed by atoms with Gasteiger partial charge in [0.2, 0.25) is 5.91 Å². The van der Waals surface area contributed by atoms with Crippen molar-refractivity contribution in [1.82, 2.24) is 4.90 Å². The number of carbonyl (C=O) groups excluding carboxylic acids is 3. The summed E-state index contributed by atoms with van der Waals surface area (Å²) in [5, 5.41) is 0.619. The van der Waals surface area contributed by atoms with Crippen LogP contribution in [0.15, 0.2) is 24.3 Å². The summed E-state index contributed by atoms with van der Waals surface area (Å²) in [4.78, 5) is 37.3. The van der Waals surface area contributed by atoms with Crippen LogP contribution >= 0.6 is 11.6 Å². The zero-order chi connectivity index (χ0) is 21.1. The second-order valence-corrected chi connectivity index (χ2v) is 7.31. The Morgan fingerprint density at radius 3 is 2.90 bits per heavy atom. The molecule has 1 aromatic rings. The first-order valence-electron chi connectivity index (χ1n) is 9.65. The van der Waals surface area contributed by atoms with Crippen molar-refractivity contribution in [2.75, 3.05) is 26.9 Å². The molecule has 7 heteroatoms. The minimum atomic E-state index is -0.458. The Kier molecular flexibility index (Phi) is 9.69. The zero-order valence-electron chi connectivity index (χ0n) is 16.6. The van der Waals surface area contributed by atoms with E-state index in [9.17, 15) is 14.4 Å². The fraction of sp³-hybridized carbons (Fsp3) is 0.500. The summed E-state index contributed by atoms with van der Waals surface area (Å²) in [5.41, 5.74) is 0.900. The molecule has 0 radical (unpaired) electrons. The largest absolute Gasteiger partial charge is 0.467 e. The Bertz CT molecular complexity index is 783. The molecule has 1 saturated heterocycles. The maximum absolute atomic E-state index is 12.3. The molecular weight excluding hydrogens is 394 g/mol. The highest BCUT2D eigenvalue weighted by atomic mass is 35.5. The Morgan fingerprint density at radius 2 is 2.14 bits per heavy atom. The topological polar surface area (TPSA) is 72.9 Å². The lowest BCUT2D eigenvalue weighted by molar-refractivity contribution is -0.145. The maximum atomic E-state index is 12.3. The summed E-state index contributed by atoms with van der Waals surface area (Å²) in [7, 11) is 1.29. The normalized spacial score (nSPS) is 16.1. The standard InChI is InChI=1S/C22H26ClNO5/c1-28-22(27)16-29-13-3-2-12-24-19(8-5-9-21(24)26)10-11-20(25)15-17-6-4-7-18(23)14-17/h4,6-7,14,19H,5,8-13,15-16H2,1H3. The van der Waals surface area contributed by atoms with Crippen molar-refractivity contribution in [2.24, 2.45) is 0 Å². The van der Waals surface area contributed by atoms with Gasteiger partial charge in [0.05, 0.1) is 13.7 Å². The number of rotatable bonds is 9. The van der Waals surface area contributed by atoms with Crippen LogP contribution < -0.4 is 0 Å². The quantitative estimate of drug-likeness (QED) is 0.349. The van der Waals surface area contributed by atoms with Crippen LogP contribution in [0.3, 0.4) is 0 Å². The van der Waals surface area contributed by atoms with Gasteiger partial charge in [-0.25, -0.2) is 4.79 Å². The molecule has 0 spiro atoms. The molecular formula is C22H26ClNO5. The second-order valence-electron chi connectivity index (χ2n) is 6.87. The molecule has 29 heavy (non-hydrogen) atoms. The first-order chi connectivity index (χ1) is 14.0. The number of hydrogen-bond donors (Lipinski definition) is 0. The van der Waals surface area contributed by atoms with Crippen LogP contribution in [0.4, 0.5) is 0 Å². The van der Waals surface area contributed by atoms with Crippen LogP contribution in [0.2, 0.25) is 5.02 Å². The summed E-state index contributed by atoms with van der Waals surface area (Å²) >= 11 is 5.97. The molecule has 0 aliphatic carbocycles. The van der Waals surface area contributed by atoms with Crippen LogP contribution in [-0.2, 0) is 30.3 Å². The number of nitrogens with zero attached hydrogens (tertiary/aromatic N) is 1. The van der Waals surface area contributed by atoms with Crippen LogP contribution in [0.1, 0.15) is 37.7 Å². The van der Waals surface area contributed by atoms with Gasteiger partial charge in [-0.2, -0.15) is 0 Å². The van der Waals surface area contributed by atoms with Crippen LogP contribution in [0, 0.1) is 11.8 Å². The Morgan fingerprint density at radius 1 is 1.31 bits per heavy atom. The predicted molar refractivity (Wildman–Crippen MR) is 109 cm³/mol. The van der Waals surface area contributed by atoms with Gasteiger partial charge in [-0.3, -0.25) is 9.59 Å². The molecule has 1 heterocycles. The fourth-order valence-corrected chi connectivity index (χ4v) is 3.45. The van der Waals surface area contributed by atoms with Gasteiger partial charge in [-0.05, 0) is 37.0 Å². The summed E-state index contributed by atoms with van der Waals surface area (Å²) in [6.07, 6.45) is 3.60. The van der Waals surface area contributed by atoms with E-state index in [4.69, 9.17) is 16.3 Å². The SMILES string of the molecule is COC(=O)COCC#CCN1C(=O)CCCC1CCC(=O)Cc1cccc(Cl)c1. The van der Waals surface area contributed by atoms with Crippen molar-refractivity contribution in [1.29, 1.82) is 0 Å². The molecule has 1 aliphatic rings. The van der Waals surface area contributed by atoms with Gasteiger partial charge in [0.1, 0.15) is 19.0 Å². The Balaban J connectivity index is 1.80. The van der Waals surface area contributed by atoms with E-state index in [0.717, 1.165) is 18.4 Å². The molecule has 1 amide bonds. The lowest BCUT2D eigenvalue weighted by Gasteiger charge is -2.34. The highest BCUT2D eigenvalue weighted by Crippen LogP contribution is 2.22. The van der Waals surface area contributed by atoms with E-state index >= 15 is 0 Å².